The van der Waals surface area contributed by atoms with E-state index in [1.54, 1.807) is 0 Å². The van der Waals surface area contributed by atoms with Gasteiger partial charge in [0.05, 0.1) is 4.92 Å². The topological polar surface area (TPSA) is 98.2 Å². The fourth-order valence-corrected chi connectivity index (χ4v) is 2.20. The highest BCUT2D eigenvalue weighted by molar-refractivity contribution is 5.58. The van der Waals surface area contributed by atoms with Gasteiger partial charge in [0.25, 0.3) is 0 Å². The molecule has 1 aliphatic heterocycles. The Balaban J connectivity index is 2.28. The summed E-state index contributed by atoms with van der Waals surface area (Å²) < 4.78 is 0. The summed E-state index contributed by atoms with van der Waals surface area (Å²) in [6.45, 7) is 1.58. The molecule has 18 heavy (non-hydrogen) atoms. The van der Waals surface area contributed by atoms with Crippen LogP contribution in [-0.4, -0.2) is 28.0 Å². The zero-order valence-corrected chi connectivity index (χ0v) is 10.2. The molecule has 0 atom stereocenters. The highest BCUT2D eigenvalue weighted by Crippen LogP contribution is 2.27. The van der Waals surface area contributed by atoms with Crippen molar-refractivity contribution in [3.63, 3.8) is 0 Å². The molecule has 0 radical (unpaired) electrons. The largest absolute Gasteiger partial charge is 0.368 e. The average molecular weight is 251 g/mol. The Hall–Kier alpha value is -1.92. The molecular weight excluding hydrogens is 234 g/mol. The summed E-state index contributed by atoms with van der Waals surface area (Å²) in [5.41, 5.74) is 5.47. The predicted octanol–water partition coefficient (Wildman–Crippen LogP) is 1.74. The van der Waals surface area contributed by atoms with Crippen LogP contribution in [0.15, 0.2) is 6.20 Å². The average Bonchev–Trinajstić information content (AvgIpc) is 2.27. The van der Waals surface area contributed by atoms with Gasteiger partial charge in [0, 0.05) is 13.1 Å². The van der Waals surface area contributed by atoms with Crippen LogP contribution in [0.25, 0.3) is 0 Å². The number of aromatic nitrogens is 2. The zero-order valence-electron chi connectivity index (χ0n) is 10.2. The fraction of sp³-hybridized carbons (Fsp3) is 0.636. The van der Waals surface area contributed by atoms with Crippen molar-refractivity contribution in [1.29, 1.82) is 0 Å². The molecule has 2 N–H and O–H groups in total. The first-order valence-electron chi connectivity index (χ1n) is 6.20. The number of nitrogens with zero attached hydrogens (tertiary/aromatic N) is 4. The van der Waals surface area contributed by atoms with Crippen molar-refractivity contribution in [2.24, 2.45) is 0 Å². The van der Waals surface area contributed by atoms with Crippen molar-refractivity contribution in [1.82, 2.24) is 9.97 Å². The maximum atomic E-state index is 11.0. The Labute approximate surface area is 105 Å². The van der Waals surface area contributed by atoms with E-state index in [1.807, 2.05) is 4.90 Å². The molecule has 0 saturated carbocycles. The summed E-state index contributed by atoms with van der Waals surface area (Å²) >= 11 is 0. The summed E-state index contributed by atoms with van der Waals surface area (Å²) in [6.07, 6.45) is 6.80. The SMILES string of the molecule is Nc1ncc([N+](=O)[O-])c(N2CCCCCCC2)n1. The number of anilines is 2. The smallest absolute Gasteiger partial charge is 0.329 e. The molecule has 1 aromatic rings. The van der Waals surface area contributed by atoms with Gasteiger partial charge in [-0.25, -0.2) is 4.98 Å². The summed E-state index contributed by atoms with van der Waals surface area (Å²) in [5.74, 6) is 0.437. The van der Waals surface area contributed by atoms with Crippen molar-refractivity contribution < 1.29 is 4.92 Å². The maximum Gasteiger partial charge on any atom is 0.329 e. The second-order valence-electron chi connectivity index (χ2n) is 4.45. The van der Waals surface area contributed by atoms with Crippen LogP contribution in [0.2, 0.25) is 0 Å². The lowest BCUT2D eigenvalue weighted by molar-refractivity contribution is -0.384. The van der Waals surface area contributed by atoms with Gasteiger partial charge in [-0.2, -0.15) is 4.98 Å². The summed E-state index contributed by atoms with van der Waals surface area (Å²) in [5, 5.41) is 11.0. The molecule has 2 heterocycles. The number of nitrogen functional groups attached to an aromatic ring is 1. The standard InChI is InChI=1S/C11H17N5O2/c12-11-13-8-9(16(17)18)10(14-11)15-6-4-2-1-3-5-7-15/h8H,1-7H2,(H2,12,13,14). The minimum atomic E-state index is -0.451. The Kier molecular flexibility index (Phi) is 3.91. The van der Waals surface area contributed by atoms with E-state index in [9.17, 15) is 10.1 Å². The predicted molar refractivity (Wildman–Crippen MR) is 68.4 cm³/mol. The molecule has 0 bridgehead atoms. The molecule has 1 aromatic heterocycles. The third kappa shape index (κ3) is 2.85. The molecule has 0 amide bonds. The lowest BCUT2D eigenvalue weighted by atomic mass is 10.1. The van der Waals surface area contributed by atoms with Gasteiger partial charge in [-0.05, 0) is 12.8 Å². The summed E-state index contributed by atoms with van der Waals surface area (Å²) in [6, 6.07) is 0. The van der Waals surface area contributed by atoms with Crippen LogP contribution in [0.3, 0.4) is 0 Å². The van der Waals surface area contributed by atoms with Crippen molar-refractivity contribution in [2.75, 3.05) is 23.7 Å². The van der Waals surface area contributed by atoms with Crippen LogP contribution in [0.5, 0.6) is 0 Å². The first kappa shape index (κ1) is 12.5. The van der Waals surface area contributed by atoms with Crippen molar-refractivity contribution >= 4 is 17.5 Å². The molecule has 1 saturated heterocycles. The van der Waals surface area contributed by atoms with Gasteiger partial charge in [0.2, 0.25) is 11.8 Å². The number of nitro groups is 1. The number of nitrogens with two attached hydrogens (primary N) is 1. The van der Waals surface area contributed by atoms with E-state index in [-0.39, 0.29) is 11.6 Å². The first-order valence-corrected chi connectivity index (χ1v) is 6.20. The van der Waals surface area contributed by atoms with E-state index < -0.39 is 4.92 Å². The molecule has 7 nitrogen and oxygen atoms in total. The van der Waals surface area contributed by atoms with E-state index in [0.717, 1.165) is 38.8 Å². The van der Waals surface area contributed by atoms with Crippen LogP contribution in [0.1, 0.15) is 32.1 Å². The Morgan fingerprint density at radius 2 is 1.83 bits per heavy atom. The van der Waals surface area contributed by atoms with Gasteiger partial charge in [-0.3, -0.25) is 10.1 Å². The van der Waals surface area contributed by atoms with Gasteiger partial charge < -0.3 is 10.6 Å². The lowest BCUT2D eigenvalue weighted by Crippen LogP contribution is -2.29. The van der Waals surface area contributed by atoms with Crippen LogP contribution < -0.4 is 10.6 Å². The lowest BCUT2D eigenvalue weighted by Gasteiger charge is -2.25. The molecule has 1 fully saturated rings. The first-order chi connectivity index (χ1) is 8.68. The minimum absolute atomic E-state index is 0.0650. The summed E-state index contributed by atoms with van der Waals surface area (Å²) in [7, 11) is 0. The molecule has 0 aliphatic carbocycles. The third-order valence-electron chi connectivity index (χ3n) is 3.12. The van der Waals surface area contributed by atoms with E-state index >= 15 is 0 Å². The van der Waals surface area contributed by atoms with Crippen molar-refractivity contribution in [3.8, 4) is 0 Å². The van der Waals surface area contributed by atoms with Crippen LogP contribution >= 0.6 is 0 Å². The highest BCUT2D eigenvalue weighted by atomic mass is 16.6. The number of hydrogen-bond acceptors (Lipinski definition) is 6. The Bertz CT molecular complexity index is 429. The minimum Gasteiger partial charge on any atom is -0.368 e. The van der Waals surface area contributed by atoms with E-state index in [0.29, 0.717) is 5.82 Å². The van der Waals surface area contributed by atoms with Crippen LogP contribution in [0.4, 0.5) is 17.5 Å². The van der Waals surface area contributed by atoms with E-state index in [1.165, 1.54) is 12.6 Å². The van der Waals surface area contributed by atoms with E-state index in [4.69, 9.17) is 5.73 Å². The van der Waals surface area contributed by atoms with Gasteiger partial charge in [0.15, 0.2) is 0 Å². The number of hydrogen-bond donors (Lipinski definition) is 1. The zero-order chi connectivity index (χ0) is 13.0. The molecular formula is C11H17N5O2. The monoisotopic (exact) mass is 251 g/mol. The van der Waals surface area contributed by atoms with E-state index in [2.05, 4.69) is 9.97 Å². The van der Waals surface area contributed by atoms with Crippen molar-refractivity contribution in [3.05, 3.63) is 16.3 Å². The van der Waals surface area contributed by atoms with Gasteiger partial charge in [-0.1, -0.05) is 19.3 Å². The fourth-order valence-electron chi connectivity index (χ4n) is 2.20. The van der Waals surface area contributed by atoms with Crippen molar-refractivity contribution in [2.45, 2.75) is 32.1 Å². The third-order valence-corrected chi connectivity index (χ3v) is 3.12. The molecule has 1 aliphatic rings. The molecule has 7 heteroatoms. The van der Waals surface area contributed by atoms with Gasteiger partial charge >= 0.3 is 5.69 Å². The molecule has 98 valence electrons. The molecule has 2 rings (SSSR count). The second-order valence-corrected chi connectivity index (χ2v) is 4.45. The Morgan fingerprint density at radius 1 is 1.22 bits per heavy atom. The van der Waals surface area contributed by atoms with Gasteiger partial charge in [-0.15, -0.1) is 0 Å². The maximum absolute atomic E-state index is 11.0. The highest BCUT2D eigenvalue weighted by Gasteiger charge is 2.22. The molecule has 0 unspecified atom stereocenters. The van der Waals surface area contributed by atoms with Crippen LogP contribution in [-0.2, 0) is 0 Å². The quantitative estimate of drug-likeness (QED) is 0.635. The number of rotatable bonds is 2. The molecule has 0 aromatic carbocycles. The van der Waals surface area contributed by atoms with Crippen LogP contribution in [0, 0.1) is 10.1 Å². The Morgan fingerprint density at radius 3 is 2.44 bits per heavy atom. The molecule has 0 spiro atoms. The summed E-state index contributed by atoms with van der Waals surface area (Å²) in [4.78, 5) is 20.2. The normalized spacial score (nSPS) is 17.0. The van der Waals surface area contributed by atoms with Gasteiger partial charge in [0.1, 0.15) is 6.20 Å². The second kappa shape index (κ2) is 5.61.